The van der Waals surface area contributed by atoms with Crippen LogP contribution in [0.15, 0.2) is 0 Å². The lowest BCUT2D eigenvalue weighted by Crippen LogP contribution is -2.53. The minimum absolute atomic E-state index is 0.196. The van der Waals surface area contributed by atoms with Crippen molar-refractivity contribution < 1.29 is 22.7 Å². The molecule has 1 saturated carbocycles. The zero-order chi connectivity index (χ0) is 15.4. The molecule has 0 aliphatic heterocycles. The van der Waals surface area contributed by atoms with Crippen LogP contribution in [0.4, 0.5) is 13.2 Å². The van der Waals surface area contributed by atoms with Crippen molar-refractivity contribution in [1.29, 1.82) is 0 Å². The van der Waals surface area contributed by atoms with Gasteiger partial charge in [0.05, 0.1) is 13.7 Å². The van der Waals surface area contributed by atoms with Crippen molar-refractivity contribution in [2.24, 2.45) is 0 Å². The Morgan fingerprint density at radius 1 is 1.40 bits per heavy atom. The Labute approximate surface area is 117 Å². The number of carbonyl (C=O) groups excluding carboxylic acids is 1. The van der Waals surface area contributed by atoms with Gasteiger partial charge in [-0.15, -0.1) is 0 Å². The van der Waals surface area contributed by atoms with Gasteiger partial charge in [-0.25, -0.2) is 0 Å². The average molecular weight is 296 g/mol. The van der Waals surface area contributed by atoms with Crippen LogP contribution < -0.4 is 5.32 Å². The second-order valence-corrected chi connectivity index (χ2v) is 5.48. The molecule has 0 bridgehead atoms. The molecule has 0 aromatic rings. The average Bonchev–Trinajstić information content (AvgIpc) is 3.15. The molecule has 0 spiro atoms. The van der Waals surface area contributed by atoms with Gasteiger partial charge in [0.15, 0.2) is 0 Å². The van der Waals surface area contributed by atoms with E-state index in [2.05, 4.69) is 5.32 Å². The first kappa shape index (κ1) is 17.2. The number of esters is 1. The van der Waals surface area contributed by atoms with E-state index in [1.807, 2.05) is 0 Å². The third kappa shape index (κ3) is 5.66. The van der Waals surface area contributed by atoms with Crippen molar-refractivity contribution >= 4 is 5.97 Å². The molecule has 0 radical (unpaired) electrons. The molecule has 1 aliphatic carbocycles. The fourth-order valence-electron chi connectivity index (χ4n) is 2.12. The maximum absolute atomic E-state index is 12.4. The molecule has 0 aromatic heterocycles. The summed E-state index contributed by atoms with van der Waals surface area (Å²) in [5.41, 5.74) is -0.922. The van der Waals surface area contributed by atoms with Crippen LogP contribution in [0.5, 0.6) is 0 Å². The topological polar surface area (TPSA) is 41.6 Å². The van der Waals surface area contributed by atoms with Crippen LogP contribution in [0.25, 0.3) is 0 Å². The Bertz CT molecular complexity index is 332. The highest BCUT2D eigenvalue weighted by Crippen LogP contribution is 2.25. The Morgan fingerprint density at radius 3 is 2.40 bits per heavy atom. The molecule has 1 unspecified atom stereocenters. The van der Waals surface area contributed by atoms with Crippen LogP contribution in [0.1, 0.15) is 33.1 Å². The molecule has 7 heteroatoms. The number of nitrogens with one attached hydrogen (secondary N) is 1. The molecule has 0 saturated heterocycles. The van der Waals surface area contributed by atoms with Crippen molar-refractivity contribution in [2.75, 3.05) is 26.7 Å². The van der Waals surface area contributed by atoms with Gasteiger partial charge in [0.2, 0.25) is 0 Å². The van der Waals surface area contributed by atoms with Gasteiger partial charge in [-0.1, -0.05) is 6.92 Å². The number of ether oxygens (including phenoxy) is 1. The van der Waals surface area contributed by atoms with Gasteiger partial charge in [-0.2, -0.15) is 13.2 Å². The van der Waals surface area contributed by atoms with Crippen LogP contribution in [-0.4, -0.2) is 55.4 Å². The summed E-state index contributed by atoms with van der Waals surface area (Å²) < 4.78 is 42.0. The first-order valence-electron chi connectivity index (χ1n) is 6.85. The molecule has 118 valence electrons. The smallest absolute Gasteiger partial charge is 0.401 e. The number of rotatable bonds is 8. The SMILES string of the molecule is CCN(CCC(C)(NC1CC1)C(=O)OC)CC(F)(F)F. The van der Waals surface area contributed by atoms with Gasteiger partial charge in [-0.3, -0.25) is 15.0 Å². The van der Waals surface area contributed by atoms with E-state index < -0.39 is 24.2 Å². The maximum Gasteiger partial charge on any atom is 0.401 e. The van der Waals surface area contributed by atoms with Crippen LogP contribution in [0.3, 0.4) is 0 Å². The number of alkyl halides is 3. The van der Waals surface area contributed by atoms with Gasteiger partial charge in [0.1, 0.15) is 5.54 Å². The Morgan fingerprint density at radius 2 is 2.00 bits per heavy atom. The van der Waals surface area contributed by atoms with Gasteiger partial charge in [-0.05, 0) is 32.7 Å². The van der Waals surface area contributed by atoms with Crippen molar-refractivity contribution in [2.45, 2.75) is 50.9 Å². The summed E-state index contributed by atoms with van der Waals surface area (Å²) in [4.78, 5) is 13.1. The predicted molar refractivity (Wildman–Crippen MR) is 69.4 cm³/mol. The van der Waals surface area contributed by atoms with E-state index in [9.17, 15) is 18.0 Å². The maximum atomic E-state index is 12.4. The van der Waals surface area contributed by atoms with Crippen molar-refractivity contribution in [3.05, 3.63) is 0 Å². The lowest BCUT2D eigenvalue weighted by atomic mass is 9.97. The normalized spacial score (nSPS) is 18.9. The number of nitrogens with zero attached hydrogens (tertiary/aromatic N) is 1. The van der Waals surface area contributed by atoms with Gasteiger partial charge in [0.25, 0.3) is 0 Å². The standard InChI is InChI=1S/C13H23F3N2O2/c1-4-18(9-13(14,15)16)8-7-12(2,11(19)20-3)17-10-5-6-10/h10,17H,4-9H2,1-3H3. The van der Waals surface area contributed by atoms with Crippen LogP contribution in [0.2, 0.25) is 0 Å². The second kappa shape index (κ2) is 6.76. The quantitative estimate of drug-likeness (QED) is 0.695. The zero-order valence-corrected chi connectivity index (χ0v) is 12.2. The largest absolute Gasteiger partial charge is 0.468 e. The summed E-state index contributed by atoms with van der Waals surface area (Å²) in [6.45, 7) is 2.90. The Hall–Kier alpha value is -0.820. The number of carbonyl (C=O) groups is 1. The van der Waals surface area contributed by atoms with E-state index in [0.29, 0.717) is 13.0 Å². The second-order valence-electron chi connectivity index (χ2n) is 5.48. The summed E-state index contributed by atoms with van der Waals surface area (Å²) >= 11 is 0. The molecule has 20 heavy (non-hydrogen) atoms. The summed E-state index contributed by atoms with van der Waals surface area (Å²) in [6, 6.07) is 0.275. The minimum atomic E-state index is -4.22. The van der Waals surface area contributed by atoms with Gasteiger partial charge < -0.3 is 4.74 Å². The third-order valence-electron chi connectivity index (χ3n) is 3.51. The van der Waals surface area contributed by atoms with E-state index in [0.717, 1.165) is 12.8 Å². The monoisotopic (exact) mass is 296 g/mol. The summed E-state index contributed by atoms with van der Waals surface area (Å²) in [5.74, 6) is -0.424. The van der Waals surface area contributed by atoms with E-state index in [4.69, 9.17) is 4.74 Å². The number of methoxy groups -OCH3 is 1. The fraction of sp³-hybridized carbons (Fsp3) is 0.923. The number of halogens is 3. The molecule has 1 N–H and O–H groups in total. The fourth-order valence-corrected chi connectivity index (χ4v) is 2.12. The lowest BCUT2D eigenvalue weighted by molar-refractivity contribution is -0.150. The molecule has 0 amide bonds. The Balaban J connectivity index is 2.57. The van der Waals surface area contributed by atoms with E-state index in [1.54, 1.807) is 13.8 Å². The molecule has 1 fully saturated rings. The van der Waals surface area contributed by atoms with Crippen molar-refractivity contribution in [3.8, 4) is 0 Å². The first-order valence-corrected chi connectivity index (χ1v) is 6.85. The van der Waals surface area contributed by atoms with Crippen LogP contribution >= 0.6 is 0 Å². The molecular formula is C13H23F3N2O2. The predicted octanol–water partition coefficient (Wildman–Crippen LogP) is 1.94. The first-order chi connectivity index (χ1) is 9.20. The molecule has 1 atom stereocenters. The van der Waals surface area contributed by atoms with Gasteiger partial charge >= 0.3 is 12.1 Å². The van der Waals surface area contributed by atoms with E-state index in [1.165, 1.54) is 12.0 Å². The summed E-state index contributed by atoms with van der Waals surface area (Å²) in [5, 5.41) is 3.18. The third-order valence-corrected chi connectivity index (χ3v) is 3.51. The lowest BCUT2D eigenvalue weighted by Gasteiger charge is -2.31. The van der Waals surface area contributed by atoms with Crippen molar-refractivity contribution in [3.63, 3.8) is 0 Å². The highest BCUT2D eigenvalue weighted by atomic mass is 19.4. The highest BCUT2D eigenvalue weighted by Gasteiger charge is 2.40. The molecule has 0 aromatic carbocycles. The molecular weight excluding hydrogens is 273 g/mol. The Kier molecular flexibility index (Phi) is 5.82. The summed E-state index contributed by atoms with van der Waals surface area (Å²) in [7, 11) is 1.29. The van der Waals surface area contributed by atoms with Gasteiger partial charge in [0, 0.05) is 12.6 Å². The number of hydrogen-bond donors (Lipinski definition) is 1. The highest BCUT2D eigenvalue weighted by molar-refractivity contribution is 5.80. The molecule has 4 nitrogen and oxygen atoms in total. The summed E-state index contributed by atoms with van der Waals surface area (Å²) in [6.07, 6.45) is -1.94. The van der Waals surface area contributed by atoms with Crippen LogP contribution in [-0.2, 0) is 9.53 Å². The molecule has 1 rings (SSSR count). The molecule has 0 heterocycles. The molecule has 1 aliphatic rings. The van der Waals surface area contributed by atoms with Crippen LogP contribution in [0, 0.1) is 0 Å². The van der Waals surface area contributed by atoms with E-state index >= 15 is 0 Å². The van der Waals surface area contributed by atoms with Crippen molar-refractivity contribution in [1.82, 2.24) is 10.2 Å². The minimum Gasteiger partial charge on any atom is -0.468 e. The zero-order valence-electron chi connectivity index (χ0n) is 12.2. The number of hydrogen-bond acceptors (Lipinski definition) is 4. The van der Waals surface area contributed by atoms with E-state index in [-0.39, 0.29) is 12.6 Å².